The van der Waals surface area contributed by atoms with Crippen LogP contribution in [0.4, 0.5) is 0 Å². The fourth-order valence-electron chi connectivity index (χ4n) is 3.84. The standard InChI is InChI=1S/C23H27N3O2/c1-17(27)21(18(2)28)23(24)26-15-13-25(14-16-26)22(19-9-5-3-6-10-19)20-11-7-4-8-12-20/h3-12,22,24,27H,13-16H2,1-2H3/b21-17-,24-23?. The number of aliphatic hydroxyl groups excluding tert-OH is 1. The highest BCUT2D eigenvalue weighted by atomic mass is 16.3. The fourth-order valence-corrected chi connectivity index (χ4v) is 3.84. The monoisotopic (exact) mass is 377 g/mol. The van der Waals surface area contributed by atoms with Gasteiger partial charge in [0.05, 0.1) is 11.6 Å². The van der Waals surface area contributed by atoms with Crippen molar-refractivity contribution in [2.24, 2.45) is 0 Å². The molecule has 146 valence electrons. The lowest BCUT2D eigenvalue weighted by atomic mass is 9.96. The lowest BCUT2D eigenvalue weighted by molar-refractivity contribution is -0.113. The maximum Gasteiger partial charge on any atom is 0.166 e. The van der Waals surface area contributed by atoms with Crippen molar-refractivity contribution in [1.82, 2.24) is 9.80 Å². The molecule has 0 aliphatic carbocycles. The molecule has 1 fully saturated rings. The van der Waals surface area contributed by atoms with Crippen molar-refractivity contribution >= 4 is 11.6 Å². The molecule has 0 atom stereocenters. The average molecular weight is 377 g/mol. The summed E-state index contributed by atoms with van der Waals surface area (Å²) in [6.45, 7) is 5.67. The van der Waals surface area contributed by atoms with Crippen LogP contribution in [0.25, 0.3) is 0 Å². The molecule has 0 saturated carbocycles. The zero-order valence-electron chi connectivity index (χ0n) is 16.4. The summed E-state index contributed by atoms with van der Waals surface area (Å²) in [6.07, 6.45) is 0. The number of amidine groups is 1. The van der Waals surface area contributed by atoms with E-state index in [0.29, 0.717) is 13.1 Å². The van der Waals surface area contributed by atoms with Crippen LogP contribution in [0.5, 0.6) is 0 Å². The van der Waals surface area contributed by atoms with Gasteiger partial charge in [-0.15, -0.1) is 0 Å². The van der Waals surface area contributed by atoms with E-state index in [-0.39, 0.29) is 29.0 Å². The highest BCUT2D eigenvalue weighted by molar-refractivity contribution is 6.19. The third-order valence-electron chi connectivity index (χ3n) is 5.18. The van der Waals surface area contributed by atoms with Gasteiger partial charge in [-0.1, -0.05) is 60.7 Å². The molecule has 0 unspecified atom stereocenters. The number of carbonyl (C=O) groups is 1. The quantitative estimate of drug-likeness (QED) is 0.360. The molecule has 0 aromatic heterocycles. The number of allylic oxidation sites excluding steroid dienone is 1. The second kappa shape index (κ2) is 8.85. The number of ketones is 1. The first-order chi connectivity index (χ1) is 13.5. The molecule has 2 aromatic carbocycles. The number of hydrogen-bond acceptors (Lipinski definition) is 4. The van der Waals surface area contributed by atoms with E-state index in [1.807, 2.05) is 17.0 Å². The van der Waals surface area contributed by atoms with Crippen LogP contribution in [0, 0.1) is 5.41 Å². The summed E-state index contributed by atoms with van der Waals surface area (Å²) in [5, 5.41) is 18.2. The van der Waals surface area contributed by atoms with E-state index in [9.17, 15) is 9.90 Å². The largest absolute Gasteiger partial charge is 0.512 e. The van der Waals surface area contributed by atoms with Gasteiger partial charge in [0.2, 0.25) is 0 Å². The molecule has 3 rings (SSSR count). The number of nitrogens with zero attached hydrogens (tertiary/aromatic N) is 2. The first kappa shape index (κ1) is 19.8. The summed E-state index contributed by atoms with van der Waals surface area (Å²) in [6, 6.07) is 21.0. The molecule has 5 nitrogen and oxygen atoms in total. The molecule has 0 amide bonds. The van der Waals surface area contributed by atoms with E-state index in [0.717, 1.165) is 13.1 Å². The highest BCUT2D eigenvalue weighted by Crippen LogP contribution is 2.29. The van der Waals surface area contributed by atoms with Crippen molar-refractivity contribution in [2.75, 3.05) is 26.2 Å². The van der Waals surface area contributed by atoms with Crippen LogP contribution in [0.3, 0.4) is 0 Å². The van der Waals surface area contributed by atoms with Crippen LogP contribution < -0.4 is 0 Å². The predicted molar refractivity (Wildman–Crippen MR) is 112 cm³/mol. The fraction of sp³-hybridized carbons (Fsp3) is 0.304. The van der Waals surface area contributed by atoms with Crippen LogP contribution in [-0.4, -0.2) is 52.7 Å². The van der Waals surface area contributed by atoms with Crippen molar-refractivity contribution in [2.45, 2.75) is 19.9 Å². The van der Waals surface area contributed by atoms with Gasteiger partial charge in [0.1, 0.15) is 11.6 Å². The Morgan fingerprint density at radius 1 is 0.893 bits per heavy atom. The van der Waals surface area contributed by atoms with Crippen molar-refractivity contribution < 1.29 is 9.90 Å². The van der Waals surface area contributed by atoms with Gasteiger partial charge >= 0.3 is 0 Å². The zero-order valence-corrected chi connectivity index (χ0v) is 16.4. The highest BCUT2D eigenvalue weighted by Gasteiger charge is 2.29. The van der Waals surface area contributed by atoms with Gasteiger partial charge < -0.3 is 10.0 Å². The Balaban J connectivity index is 1.79. The molecular formula is C23H27N3O2. The third-order valence-corrected chi connectivity index (χ3v) is 5.18. The van der Waals surface area contributed by atoms with E-state index in [4.69, 9.17) is 5.41 Å². The third kappa shape index (κ3) is 4.31. The minimum Gasteiger partial charge on any atom is -0.512 e. The molecule has 0 radical (unpaired) electrons. The van der Waals surface area contributed by atoms with Gasteiger partial charge in [0, 0.05) is 26.2 Å². The molecule has 1 aliphatic heterocycles. The molecule has 1 aliphatic rings. The molecule has 28 heavy (non-hydrogen) atoms. The molecule has 0 bridgehead atoms. The van der Waals surface area contributed by atoms with Crippen molar-refractivity contribution in [1.29, 1.82) is 5.41 Å². The van der Waals surface area contributed by atoms with Crippen LogP contribution in [0.15, 0.2) is 72.0 Å². The van der Waals surface area contributed by atoms with Gasteiger partial charge in [-0.3, -0.25) is 15.1 Å². The topological polar surface area (TPSA) is 67.6 Å². The lowest BCUT2D eigenvalue weighted by Gasteiger charge is -2.40. The number of Topliss-reactive ketones (excluding diaryl/α,β-unsaturated/α-hetero) is 1. The number of aliphatic hydroxyl groups is 1. The van der Waals surface area contributed by atoms with Gasteiger partial charge in [-0.25, -0.2) is 0 Å². The zero-order chi connectivity index (χ0) is 20.1. The molecule has 1 heterocycles. The van der Waals surface area contributed by atoms with Gasteiger partial charge in [0.25, 0.3) is 0 Å². The van der Waals surface area contributed by atoms with E-state index < -0.39 is 0 Å². The molecule has 5 heteroatoms. The van der Waals surface area contributed by atoms with E-state index in [1.54, 1.807) is 0 Å². The van der Waals surface area contributed by atoms with Crippen LogP contribution in [0.1, 0.15) is 31.0 Å². The first-order valence-electron chi connectivity index (χ1n) is 9.57. The summed E-state index contributed by atoms with van der Waals surface area (Å²) >= 11 is 0. The predicted octanol–water partition coefficient (Wildman–Crippen LogP) is 3.79. The lowest BCUT2D eigenvalue weighted by Crippen LogP contribution is -2.50. The molecule has 0 spiro atoms. The summed E-state index contributed by atoms with van der Waals surface area (Å²) < 4.78 is 0. The van der Waals surface area contributed by atoms with Crippen LogP contribution in [-0.2, 0) is 4.79 Å². The number of carbonyl (C=O) groups excluding carboxylic acids is 1. The van der Waals surface area contributed by atoms with Gasteiger partial charge in [0.15, 0.2) is 5.78 Å². The van der Waals surface area contributed by atoms with Crippen molar-refractivity contribution in [3.63, 3.8) is 0 Å². The van der Waals surface area contributed by atoms with E-state index >= 15 is 0 Å². The van der Waals surface area contributed by atoms with E-state index in [2.05, 4.69) is 53.4 Å². The molecule has 2 N–H and O–H groups in total. The Labute approximate surface area is 166 Å². The SMILES string of the molecule is CC(=O)/C(C(=N)N1CCN(C(c2ccccc2)c2ccccc2)CC1)=C(\C)O. The van der Waals surface area contributed by atoms with Crippen molar-refractivity contribution in [3.8, 4) is 0 Å². The Morgan fingerprint density at radius 3 is 1.75 bits per heavy atom. The Hall–Kier alpha value is -2.92. The number of hydrogen-bond donors (Lipinski definition) is 2. The first-order valence-corrected chi connectivity index (χ1v) is 9.57. The number of rotatable bonds is 5. The minimum absolute atomic E-state index is 0.0913. The van der Waals surface area contributed by atoms with Gasteiger partial charge in [-0.2, -0.15) is 0 Å². The summed E-state index contributed by atoms with van der Waals surface area (Å²) in [7, 11) is 0. The second-order valence-corrected chi connectivity index (χ2v) is 7.11. The number of piperazine rings is 1. The number of benzene rings is 2. The summed E-state index contributed by atoms with van der Waals surface area (Å²) in [5.74, 6) is -0.256. The maximum absolute atomic E-state index is 11.8. The minimum atomic E-state index is -0.279. The smallest absolute Gasteiger partial charge is 0.166 e. The van der Waals surface area contributed by atoms with Crippen LogP contribution in [0.2, 0.25) is 0 Å². The molecular weight excluding hydrogens is 350 g/mol. The van der Waals surface area contributed by atoms with Crippen molar-refractivity contribution in [3.05, 3.63) is 83.1 Å². The maximum atomic E-state index is 11.8. The second-order valence-electron chi connectivity index (χ2n) is 7.11. The molecule has 2 aromatic rings. The van der Waals surface area contributed by atoms with Crippen LogP contribution >= 0.6 is 0 Å². The van der Waals surface area contributed by atoms with E-state index in [1.165, 1.54) is 25.0 Å². The summed E-state index contributed by atoms with van der Waals surface area (Å²) in [4.78, 5) is 16.1. The molecule has 1 saturated heterocycles. The Kier molecular flexibility index (Phi) is 6.26. The average Bonchev–Trinajstić information content (AvgIpc) is 2.70. The Morgan fingerprint density at radius 2 is 1.36 bits per heavy atom. The Bertz CT molecular complexity index is 810. The number of nitrogens with one attached hydrogen (secondary N) is 1. The summed E-state index contributed by atoms with van der Waals surface area (Å²) in [5.41, 5.74) is 2.59. The normalized spacial score (nSPS) is 16.0. The van der Waals surface area contributed by atoms with Gasteiger partial charge in [-0.05, 0) is 25.0 Å².